The predicted octanol–water partition coefficient (Wildman–Crippen LogP) is 2.24. The second kappa shape index (κ2) is 5.14. The topological polar surface area (TPSA) is 75.2 Å². The van der Waals surface area contributed by atoms with Gasteiger partial charge in [0.2, 0.25) is 5.88 Å². The molecule has 5 heteroatoms. The number of ether oxygens (including phenoxy) is 1. The molecule has 0 spiro atoms. The molecule has 1 aromatic carbocycles. The summed E-state index contributed by atoms with van der Waals surface area (Å²) in [7, 11) is 0. The Hall–Kier alpha value is -2.30. The molecule has 19 heavy (non-hydrogen) atoms. The summed E-state index contributed by atoms with van der Waals surface area (Å²) >= 11 is 0. The number of hydrogen-bond acceptors (Lipinski definition) is 4. The maximum absolute atomic E-state index is 11.6. The first-order valence-electron chi connectivity index (χ1n) is 6.04. The van der Waals surface area contributed by atoms with Crippen LogP contribution in [0.1, 0.15) is 19.4 Å². The number of aromatic hydroxyl groups is 1. The van der Waals surface area contributed by atoms with Gasteiger partial charge in [-0.25, -0.2) is 0 Å². The summed E-state index contributed by atoms with van der Waals surface area (Å²) in [5.74, 6) is 0.836. The van der Waals surface area contributed by atoms with Crippen LogP contribution in [0.5, 0.6) is 11.6 Å². The SMILES string of the molecule is Cc1c(O)nc(-c2ccc(OC(C)C)cc2)[nH]c1=O. The number of H-pyrrole nitrogens is 1. The van der Waals surface area contributed by atoms with Crippen molar-refractivity contribution in [3.05, 3.63) is 40.2 Å². The molecule has 2 N–H and O–H groups in total. The Morgan fingerprint density at radius 1 is 1.26 bits per heavy atom. The molecule has 0 amide bonds. The molecule has 0 radical (unpaired) electrons. The van der Waals surface area contributed by atoms with Gasteiger partial charge >= 0.3 is 0 Å². The van der Waals surface area contributed by atoms with Crippen LogP contribution < -0.4 is 10.3 Å². The highest BCUT2D eigenvalue weighted by Gasteiger charge is 2.08. The quantitative estimate of drug-likeness (QED) is 0.887. The molecule has 0 saturated heterocycles. The zero-order valence-corrected chi connectivity index (χ0v) is 11.1. The van der Waals surface area contributed by atoms with E-state index in [1.807, 2.05) is 13.8 Å². The molecule has 100 valence electrons. The Bertz CT molecular complexity index is 630. The van der Waals surface area contributed by atoms with Crippen molar-refractivity contribution in [1.82, 2.24) is 9.97 Å². The van der Waals surface area contributed by atoms with Gasteiger partial charge in [-0.2, -0.15) is 4.98 Å². The van der Waals surface area contributed by atoms with Crippen molar-refractivity contribution in [2.75, 3.05) is 0 Å². The number of nitrogens with one attached hydrogen (secondary N) is 1. The summed E-state index contributed by atoms with van der Waals surface area (Å²) in [5.41, 5.74) is 0.581. The van der Waals surface area contributed by atoms with Gasteiger partial charge in [-0.3, -0.25) is 4.79 Å². The molecule has 0 aliphatic rings. The van der Waals surface area contributed by atoms with Gasteiger partial charge in [0.15, 0.2) is 0 Å². The Labute approximate surface area is 110 Å². The van der Waals surface area contributed by atoms with E-state index in [0.717, 1.165) is 5.75 Å². The second-order valence-corrected chi connectivity index (χ2v) is 4.55. The van der Waals surface area contributed by atoms with Gasteiger partial charge < -0.3 is 14.8 Å². The summed E-state index contributed by atoms with van der Waals surface area (Å²) in [4.78, 5) is 18.1. The number of hydrogen-bond donors (Lipinski definition) is 2. The van der Waals surface area contributed by atoms with E-state index in [2.05, 4.69) is 9.97 Å². The van der Waals surface area contributed by atoms with Gasteiger partial charge in [-0.05, 0) is 45.0 Å². The minimum Gasteiger partial charge on any atom is -0.493 e. The number of nitrogens with zero attached hydrogens (tertiary/aromatic N) is 1. The van der Waals surface area contributed by atoms with Gasteiger partial charge in [0, 0.05) is 5.56 Å². The lowest BCUT2D eigenvalue weighted by Crippen LogP contribution is -2.12. The molecule has 5 nitrogen and oxygen atoms in total. The third kappa shape index (κ3) is 2.93. The summed E-state index contributed by atoms with van der Waals surface area (Å²) in [6.45, 7) is 5.42. The van der Waals surface area contributed by atoms with E-state index >= 15 is 0 Å². The normalized spacial score (nSPS) is 10.7. The van der Waals surface area contributed by atoms with Crippen LogP contribution in [-0.2, 0) is 0 Å². The van der Waals surface area contributed by atoms with E-state index in [1.54, 1.807) is 24.3 Å². The molecule has 2 rings (SSSR count). The van der Waals surface area contributed by atoms with E-state index in [0.29, 0.717) is 11.4 Å². The number of benzene rings is 1. The van der Waals surface area contributed by atoms with Crippen LogP contribution in [0.15, 0.2) is 29.1 Å². The fourth-order valence-electron chi connectivity index (χ4n) is 1.62. The first kappa shape index (κ1) is 13.1. The van der Waals surface area contributed by atoms with Crippen LogP contribution in [0.25, 0.3) is 11.4 Å². The van der Waals surface area contributed by atoms with E-state index < -0.39 is 0 Å². The Morgan fingerprint density at radius 3 is 2.42 bits per heavy atom. The molecule has 0 saturated carbocycles. The standard InChI is InChI=1S/C14H16N2O3/c1-8(2)19-11-6-4-10(5-7-11)12-15-13(17)9(3)14(18)16-12/h4-8H,1-3H3,(H2,15,16,17,18). The molecular formula is C14H16N2O3. The smallest absolute Gasteiger partial charge is 0.257 e. The van der Waals surface area contributed by atoms with Crippen LogP contribution in [0.4, 0.5) is 0 Å². The lowest BCUT2D eigenvalue weighted by molar-refractivity contribution is 0.242. The second-order valence-electron chi connectivity index (χ2n) is 4.55. The van der Waals surface area contributed by atoms with Gasteiger partial charge in [-0.15, -0.1) is 0 Å². The summed E-state index contributed by atoms with van der Waals surface area (Å²) < 4.78 is 5.53. The van der Waals surface area contributed by atoms with Crippen LogP contribution in [0, 0.1) is 6.92 Å². The highest BCUT2D eigenvalue weighted by Crippen LogP contribution is 2.21. The molecule has 1 aromatic heterocycles. The minimum atomic E-state index is -0.343. The predicted molar refractivity (Wildman–Crippen MR) is 72.5 cm³/mol. The third-order valence-electron chi connectivity index (χ3n) is 2.63. The zero-order valence-electron chi connectivity index (χ0n) is 11.1. The maximum Gasteiger partial charge on any atom is 0.257 e. The molecule has 0 unspecified atom stereocenters. The lowest BCUT2D eigenvalue weighted by atomic mass is 10.2. The molecule has 0 atom stereocenters. The van der Waals surface area contributed by atoms with Crippen LogP contribution in [0.2, 0.25) is 0 Å². The van der Waals surface area contributed by atoms with Crippen molar-refractivity contribution >= 4 is 0 Å². The molecule has 0 aliphatic carbocycles. The van der Waals surface area contributed by atoms with Crippen molar-refractivity contribution in [3.8, 4) is 23.0 Å². The number of rotatable bonds is 3. The summed E-state index contributed by atoms with van der Waals surface area (Å²) in [6.07, 6.45) is 0.104. The third-order valence-corrected chi connectivity index (χ3v) is 2.63. The van der Waals surface area contributed by atoms with E-state index in [1.165, 1.54) is 6.92 Å². The fourth-order valence-corrected chi connectivity index (χ4v) is 1.62. The Balaban J connectivity index is 2.35. The van der Waals surface area contributed by atoms with Crippen LogP contribution in [-0.4, -0.2) is 21.2 Å². The molecule has 0 fully saturated rings. The van der Waals surface area contributed by atoms with Crippen LogP contribution >= 0.6 is 0 Å². The maximum atomic E-state index is 11.6. The van der Waals surface area contributed by atoms with Gasteiger partial charge in [0.1, 0.15) is 11.6 Å². The number of aromatic nitrogens is 2. The monoisotopic (exact) mass is 260 g/mol. The van der Waals surface area contributed by atoms with E-state index in [-0.39, 0.29) is 23.1 Å². The highest BCUT2D eigenvalue weighted by molar-refractivity contribution is 5.56. The van der Waals surface area contributed by atoms with Gasteiger partial charge in [-0.1, -0.05) is 0 Å². The highest BCUT2D eigenvalue weighted by atomic mass is 16.5. The number of aromatic amines is 1. The fraction of sp³-hybridized carbons (Fsp3) is 0.286. The average molecular weight is 260 g/mol. The molecule has 0 bridgehead atoms. The summed E-state index contributed by atoms with van der Waals surface area (Å²) in [5, 5.41) is 9.56. The molecule has 1 heterocycles. The van der Waals surface area contributed by atoms with E-state index in [4.69, 9.17) is 4.74 Å². The van der Waals surface area contributed by atoms with Crippen LogP contribution in [0.3, 0.4) is 0 Å². The average Bonchev–Trinajstić information content (AvgIpc) is 2.35. The lowest BCUT2D eigenvalue weighted by Gasteiger charge is -2.10. The first-order chi connectivity index (χ1) is 8.97. The van der Waals surface area contributed by atoms with Gasteiger partial charge in [0.05, 0.1) is 11.7 Å². The van der Waals surface area contributed by atoms with E-state index in [9.17, 15) is 9.90 Å². The molecule has 2 aromatic rings. The molecular weight excluding hydrogens is 244 g/mol. The van der Waals surface area contributed by atoms with Crippen molar-refractivity contribution < 1.29 is 9.84 Å². The summed E-state index contributed by atoms with van der Waals surface area (Å²) in [6, 6.07) is 7.16. The Kier molecular flexibility index (Phi) is 3.55. The first-order valence-corrected chi connectivity index (χ1v) is 6.04. The van der Waals surface area contributed by atoms with Crippen molar-refractivity contribution in [1.29, 1.82) is 0 Å². The van der Waals surface area contributed by atoms with Crippen molar-refractivity contribution in [3.63, 3.8) is 0 Å². The van der Waals surface area contributed by atoms with Crippen molar-refractivity contribution in [2.45, 2.75) is 26.9 Å². The Morgan fingerprint density at radius 2 is 1.89 bits per heavy atom. The van der Waals surface area contributed by atoms with Crippen molar-refractivity contribution in [2.24, 2.45) is 0 Å². The largest absolute Gasteiger partial charge is 0.493 e. The van der Waals surface area contributed by atoms with Gasteiger partial charge in [0.25, 0.3) is 5.56 Å². The minimum absolute atomic E-state index is 0.104. The molecule has 0 aliphatic heterocycles. The zero-order chi connectivity index (χ0) is 14.0.